The molecule has 7 heteroatoms. The van der Waals surface area contributed by atoms with Crippen LogP contribution in [0, 0.1) is 11.8 Å². The number of carboxylic acid groups (broad SMARTS) is 1. The fourth-order valence-corrected chi connectivity index (χ4v) is 6.25. The predicted molar refractivity (Wildman–Crippen MR) is 117 cm³/mol. The molecule has 1 heterocycles. The molecule has 0 aromatic heterocycles. The monoisotopic (exact) mass is 440 g/mol. The highest BCUT2D eigenvalue weighted by Gasteiger charge is 2.43. The first kappa shape index (κ1) is 17.0. The van der Waals surface area contributed by atoms with Crippen molar-refractivity contribution in [3.63, 3.8) is 0 Å². The van der Waals surface area contributed by atoms with Crippen LogP contribution >= 0.6 is 7.37 Å². The van der Waals surface area contributed by atoms with Crippen LogP contribution in [-0.2, 0) is 20.6 Å². The van der Waals surface area contributed by atoms with Crippen molar-refractivity contribution in [1.82, 2.24) is 4.90 Å². The molecule has 30 heavy (non-hydrogen) atoms. The zero-order chi connectivity index (χ0) is 25.9. The number of rotatable bonds is 9. The minimum atomic E-state index is -3.86. The Bertz CT molecular complexity index is 988. The van der Waals surface area contributed by atoms with Gasteiger partial charge in [-0.25, -0.2) is 4.79 Å². The average molecular weight is 441 g/mol. The standard InChI is InChI=1S/C23H34NO5P/c25-22(17-30(28,29)14-8-7-11-18-9-3-1-4-10-18)24-16-20(15-21(24)23(26)27)19-12-5-2-6-13-19/h1,3-4,9-10,19-21H,2,5-8,11-17H2,(H,26,27)(H,28,29)/t20-,21-/m1/s1/i1D,3D,4D,9D,10D. The van der Waals surface area contributed by atoms with Crippen LogP contribution in [0.2, 0.25) is 0 Å². The smallest absolute Gasteiger partial charge is 0.326 e. The van der Waals surface area contributed by atoms with Crippen LogP contribution in [0.5, 0.6) is 0 Å². The first-order valence-corrected chi connectivity index (χ1v) is 12.8. The largest absolute Gasteiger partial charge is 0.480 e. The van der Waals surface area contributed by atoms with Gasteiger partial charge in [0.05, 0.1) is 6.85 Å². The molecule has 3 rings (SSSR count). The molecule has 1 saturated carbocycles. The SMILES string of the molecule is [2H]c1c([2H])c([2H])c(CCCCP(=O)(O)CC(=O)N2C[C@H](C3CCCCC3)C[C@@H]2C(=O)O)c([2H])c1[2H]. The Balaban J connectivity index is 1.55. The Morgan fingerprint density at radius 2 is 1.80 bits per heavy atom. The molecule has 1 amide bonds. The fraction of sp³-hybridized carbons (Fsp3) is 0.652. The van der Waals surface area contributed by atoms with Crippen molar-refractivity contribution in [2.24, 2.45) is 11.8 Å². The van der Waals surface area contributed by atoms with Crippen molar-refractivity contribution in [3.8, 4) is 0 Å². The summed E-state index contributed by atoms with van der Waals surface area (Å²) in [5.74, 6) is -1.18. The zero-order valence-electron chi connectivity index (χ0n) is 22.2. The van der Waals surface area contributed by atoms with Crippen molar-refractivity contribution < 1.29 is 31.0 Å². The topological polar surface area (TPSA) is 94.9 Å². The van der Waals surface area contributed by atoms with Crippen molar-refractivity contribution in [3.05, 3.63) is 35.8 Å². The second-order valence-electron chi connectivity index (χ2n) is 8.58. The van der Waals surface area contributed by atoms with E-state index in [9.17, 15) is 24.2 Å². The van der Waals surface area contributed by atoms with Crippen LogP contribution in [0.1, 0.15) is 63.8 Å². The van der Waals surface area contributed by atoms with Gasteiger partial charge in [-0.15, -0.1) is 0 Å². The third-order valence-electron chi connectivity index (χ3n) is 6.37. The van der Waals surface area contributed by atoms with Crippen LogP contribution in [0.3, 0.4) is 0 Å². The van der Waals surface area contributed by atoms with Gasteiger partial charge in [0.25, 0.3) is 0 Å². The molecule has 1 unspecified atom stereocenters. The Kier molecular flexibility index (Phi) is 5.99. The highest BCUT2D eigenvalue weighted by molar-refractivity contribution is 7.58. The first-order valence-electron chi connectivity index (χ1n) is 13.3. The van der Waals surface area contributed by atoms with Gasteiger partial charge in [0.15, 0.2) is 0 Å². The highest BCUT2D eigenvalue weighted by Crippen LogP contribution is 2.43. The maximum Gasteiger partial charge on any atom is 0.326 e. The zero-order valence-corrected chi connectivity index (χ0v) is 18.1. The Morgan fingerprint density at radius 3 is 2.47 bits per heavy atom. The lowest BCUT2D eigenvalue weighted by Crippen LogP contribution is -2.42. The number of carbonyl (C=O) groups excluding carboxylic acids is 1. The summed E-state index contributed by atoms with van der Waals surface area (Å²) in [6.45, 7) is 0.315. The van der Waals surface area contributed by atoms with Gasteiger partial charge in [-0.3, -0.25) is 9.36 Å². The lowest BCUT2D eigenvalue weighted by Gasteiger charge is -2.27. The number of benzene rings is 1. The van der Waals surface area contributed by atoms with E-state index < -0.39 is 49.6 Å². The van der Waals surface area contributed by atoms with E-state index in [1.165, 1.54) is 11.3 Å². The first-order chi connectivity index (χ1) is 16.4. The van der Waals surface area contributed by atoms with E-state index in [2.05, 4.69) is 0 Å². The summed E-state index contributed by atoms with van der Waals surface area (Å²) < 4.78 is 51.7. The minimum Gasteiger partial charge on any atom is -0.480 e. The third-order valence-corrected chi connectivity index (χ3v) is 8.15. The molecule has 0 radical (unpaired) electrons. The molecular weight excluding hydrogens is 401 g/mol. The molecule has 1 saturated heterocycles. The van der Waals surface area contributed by atoms with Gasteiger partial charge in [0.1, 0.15) is 12.2 Å². The second-order valence-corrected chi connectivity index (χ2v) is 11.0. The number of hydrogen-bond donors (Lipinski definition) is 2. The van der Waals surface area contributed by atoms with Gasteiger partial charge in [-0.2, -0.15) is 0 Å². The molecule has 2 fully saturated rings. The van der Waals surface area contributed by atoms with Crippen LogP contribution < -0.4 is 0 Å². The molecule has 1 aromatic rings. The van der Waals surface area contributed by atoms with E-state index in [0.29, 0.717) is 25.3 Å². The number of nitrogens with zero attached hydrogens (tertiary/aromatic N) is 1. The average Bonchev–Trinajstić information content (AvgIpc) is 3.27. The molecule has 1 aromatic carbocycles. The summed E-state index contributed by atoms with van der Waals surface area (Å²) in [4.78, 5) is 36.4. The molecule has 3 atom stereocenters. The van der Waals surface area contributed by atoms with Gasteiger partial charge in [-0.05, 0) is 43.1 Å². The van der Waals surface area contributed by atoms with Crippen molar-refractivity contribution in [2.45, 2.75) is 63.8 Å². The molecule has 0 bridgehead atoms. The second kappa shape index (κ2) is 10.6. The van der Waals surface area contributed by atoms with E-state index >= 15 is 0 Å². The van der Waals surface area contributed by atoms with Gasteiger partial charge in [-0.1, -0.05) is 62.3 Å². The van der Waals surface area contributed by atoms with E-state index in [1.54, 1.807) is 0 Å². The maximum absolute atomic E-state index is 12.9. The lowest BCUT2D eigenvalue weighted by atomic mass is 9.79. The molecule has 1 aliphatic carbocycles. The van der Waals surface area contributed by atoms with Crippen molar-refractivity contribution in [1.29, 1.82) is 0 Å². The third kappa shape index (κ3) is 6.42. The lowest BCUT2D eigenvalue weighted by molar-refractivity contribution is -0.147. The van der Waals surface area contributed by atoms with Gasteiger partial charge in [0, 0.05) is 12.7 Å². The van der Waals surface area contributed by atoms with Crippen LogP contribution in [0.4, 0.5) is 0 Å². The Labute approximate surface area is 186 Å². The molecular formula is C23H34NO5P. The van der Waals surface area contributed by atoms with E-state index in [4.69, 9.17) is 6.85 Å². The highest BCUT2D eigenvalue weighted by atomic mass is 31.2. The Hall–Kier alpha value is -1.65. The normalized spacial score (nSPS) is 26.8. The number of carboxylic acids is 1. The summed E-state index contributed by atoms with van der Waals surface area (Å²) in [6.07, 6.45) is 5.80. The van der Waals surface area contributed by atoms with E-state index in [-0.39, 0.29) is 42.6 Å². The molecule has 1 aliphatic heterocycles. The summed E-state index contributed by atoms with van der Waals surface area (Å²) >= 11 is 0. The van der Waals surface area contributed by atoms with Crippen molar-refractivity contribution >= 4 is 19.2 Å². The van der Waals surface area contributed by atoms with E-state index in [0.717, 1.165) is 25.7 Å². The fourth-order valence-electron chi connectivity index (χ4n) is 4.77. The summed E-state index contributed by atoms with van der Waals surface area (Å²) in [5.41, 5.74) is 0.162. The Morgan fingerprint density at radius 1 is 1.10 bits per heavy atom. The molecule has 2 aliphatic rings. The van der Waals surface area contributed by atoms with Crippen LogP contribution in [0.25, 0.3) is 0 Å². The number of aliphatic carboxylic acids is 1. The van der Waals surface area contributed by atoms with Crippen LogP contribution in [0.15, 0.2) is 30.2 Å². The van der Waals surface area contributed by atoms with Gasteiger partial charge in [0.2, 0.25) is 13.3 Å². The summed E-state index contributed by atoms with van der Waals surface area (Å²) in [5, 5.41) is 9.63. The van der Waals surface area contributed by atoms with Crippen molar-refractivity contribution in [2.75, 3.05) is 18.9 Å². The number of hydrogen-bond acceptors (Lipinski definition) is 3. The molecule has 166 valence electrons. The van der Waals surface area contributed by atoms with E-state index in [1.807, 2.05) is 0 Å². The minimum absolute atomic E-state index is 0.107. The summed E-state index contributed by atoms with van der Waals surface area (Å²) in [7, 11) is -3.86. The molecule has 2 N–H and O–H groups in total. The molecule has 0 spiro atoms. The number of carbonyl (C=O) groups is 2. The number of amides is 1. The predicted octanol–water partition coefficient (Wildman–Crippen LogP) is 4.16. The molecule has 6 nitrogen and oxygen atoms in total. The van der Waals surface area contributed by atoms with Crippen LogP contribution in [-0.4, -0.2) is 51.7 Å². The maximum atomic E-state index is 12.9. The quantitative estimate of drug-likeness (QED) is 0.444. The van der Waals surface area contributed by atoms with Gasteiger partial charge < -0.3 is 14.9 Å². The number of unbranched alkanes of at least 4 members (excludes halogenated alkanes) is 1. The summed E-state index contributed by atoms with van der Waals surface area (Å²) in [6, 6.07) is -2.80. The number of likely N-dealkylation sites (tertiary alicyclic amines) is 1. The van der Waals surface area contributed by atoms with Gasteiger partial charge >= 0.3 is 5.97 Å².